The van der Waals surface area contributed by atoms with Gasteiger partial charge in [0.1, 0.15) is 6.54 Å². The van der Waals surface area contributed by atoms with Crippen LogP contribution in [-0.2, 0) is 50.3 Å². The second-order valence-corrected chi connectivity index (χ2v) is 20.0. The Morgan fingerprint density at radius 2 is 1.35 bits per heavy atom. The number of allylic oxidation sites excluding steroid dienone is 6. The van der Waals surface area contributed by atoms with Gasteiger partial charge in [0.05, 0.1) is 15.2 Å². The predicted molar refractivity (Wildman–Crippen MR) is 238 cm³/mol. The number of hydrogen-bond donors (Lipinski definition) is 2. The van der Waals surface area contributed by atoms with Crippen LogP contribution in [-0.4, -0.2) is 72.2 Å². The van der Waals surface area contributed by atoms with E-state index < -0.39 is 48.8 Å². The van der Waals surface area contributed by atoms with Gasteiger partial charge in [0.2, 0.25) is 5.69 Å². The molecule has 0 spiro atoms. The van der Waals surface area contributed by atoms with Crippen molar-refractivity contribution in [3.8, 4) is 0 Å². The molecule has 326 valence electrons. The van der Waals surface area contributed by atoms with Crippen molar-refractivity contribution in [2.24, 2.45) is 0 Å². The second-order valence-electron chi connectivity index (χ2n) is 17.2. The van der Waals surface area contributed by atoms with E-state index in [1.165, 1.54) is 0 Å². The molecule has 0 aliphatic carbocycles. The normalized spacial score (nSPS) is 18.1. The topological polar surface area (TPSA) is 179 Å². The van der Waals surface area contributed by atoms with E-state index in [-0.39, 0.29) is 29.1 Å². The predicted octanol–water partition coefficient (Wildman–Crippen LogP) is 8.46. The highest BCUT2D eigenvalue weighted by atomic mass is 32.2. The van der Waals surface area contributed by atoms with Crippen LogP contribution < -0.4 is 4.90 Å². The molecule has 1 fully saturated rings. The SMILES string of the molecule is CC[N+]1=C(/C=C/C=C/C=C2\N(CCCCCC(=O)ON3C(=O)CCC3=O)c3ccc4cc(C)c(S(=O)(=O)O)cc4c3C2(C)C)C(C)(C)c2c1ccc1cc(C)c(S(=O)(=O)O)cc21. The number of amides is 2. The highest BCUT2D eigenvalue weighted by Gasteiger charge is 2.45. The largest absolute Gasteiger partial charge is 0.344 e. The Bertz CT molecular complexity index is 2930. The van der Waals surface area contributed by atoms with Gasteiger partial charge in [-0.2, -0.15) is 21.4 Å². The Morgan fingerprint density at radius 1 is 0.774 bits per heavy atom. The molecule has 0 unspecified atom stereocenters. The second kappa shape index (κ2) is 16.3. The minimum Gasteiger partial charge on any atom is -0.344 e. The van der Waals surface area contributed by atoms with E-state index in [1.54, 1.807) is 38.1 Å². The molecule has 0 bridgehead atoms. The minimum atomic E-state index is -4.49. The van der Waals surface area contributed by atoms with Crippen molar-refractivity contribution in [2.75, 3.05) is 18.0 Å². The Balaban J connectivity index is 1.18. The summed E-state index contributed by atoms with van der Waals surface area (Å²) in [5.74, 6) is -1.69. The Hall–Kier alpha value is -5.48. The van der Waals surface area contributed by atoms with Crippen molar-refractivity contribution in [1.29, 1.82) is 0 Å². The van der Waals surface area contributed by atoms with Crippen molar-refractivity contribution in [1.82, 2.24) is 5.06 Å². The van der Waals surface area contributed by atoms with Gasteiger partial charge in [0.25, 0.3) is 32.1 Å². The van der Waals surface area contributed by atoms with E-state index in [0.717, 1.165) is 50.1 Å². The molecule has 3 aliphatic rings. The summed E-state index contributed by atoms with van der Waals surface area (Å²) in [5.41, 5.74) is 5.50. The number of benzene rings is 4. The number of rotatable bonds is 13. The molecule has 1 saturated heterocycles. The third-order valence-electron chi connectivity index (χ3n) is 12.3. The number of nitrogens with zero attached hydrogens (tertiary/aromatic N) is 3. The fourth-order valence-corrected chi connectivity index (χ4v) is 10.9. The molecule has 0 aromatic heterocycles. The van der Waals surface area contributed by atoms with E-state index in [9.17, 15) is 40.3 Å². The zero-order valence-corrected chi connectivity index (χ0v) is 37.6. The van der Waals surface area contributed by atoms with E-state index in [0.29, 0.717) is 53.9 Å². The molecule has 0 saturated carbocycles. The fraction of sp³-hybridized carbons (Fsp3) is 0.362. The van der Waals surface area contributed by atoms with Gasteiger partial charge in [-0.25, -0.2) is 4.79 Å². The highest BCUT2D eigenvalue weighted by Crippen LogP contribution is 2.51. The van der Waals surface area contributed by atoms with Gasteiger partial charge in [0, 0.05) is 60.3 Å². The maximum absolute atomic E-state index is 12.5. The molecule has 4 aromatic rings. The fourth-order valence-electron chi connectivity index (χ4n) is 9.48. The van der Waals surface area contributed by atoms with Crippen molar-refractivity contribution in [3.63, 3.8) is 0 Å². The third kappa shape index (κ3) is 8.02. The minimum absolute atomic E-state index is 0.0269. The van der Waals surface area contributed by atoms with Crippen LogP contribution in [0.5, 0.6) is 0 Å². The van der Waals surface area contributed by atoms with Crippen molar-refractivity contribution in [2.45, 2.75) is 108 Å². The smallest absolute Gasteiger partial charge is 0.333 e. The number of fused-ring (bicyclic) bond motifs is 6. The summed E-state index contributed by atoms with van der Waals surface area (Å²) < 4.78 is 71.8. The number of aryl methyl sites for hydroxylation is 2. The summed E-state index contributed by atoms with van der Waals surface area (Å²) in [6, 6.07) is 14.7. The van der Waals surface area contributed by atoms with Crippen LogP contribution in [0.2, 0.25) is 0 Å². The zero-order chi connectivity index (χ0) is 45.1. The summed E-state index contributed by atoms with van der Waals surface area (Å²) in [6.07, 6.45) is 11.9. The van der Waals surface area contributed by atoms with Gasteiger partial charge in [0.15, 0.2) is 5.71 Å². The summed E-state index contributed by atoms with van der Waals surface area (Å²) >= 11 is 0. The molecule has 15 heteroatoms. The van der Waals surface area contributed by atoms with Crippen molar-refractivity contribution in [3.05, 3.63) is 107 Å². The first-order chi connectivity index (χ1) is 29.1. The molecular formula is C47H52N3O10S2+. The molecule has 0 atom stereocenters. The summed E-state index contributed by atoms with van der Waals surface area (Å²) in [7, 11) is -8.93. The average molecular weight is 883 g/mol. The van der Waals surface area contributed by atoms with Gasteiger partial charge in [-0.05, 0) is 116 Å². The van der Waals surface area contributed by atoms with Crippen LogP contribution >= 0.6 is 0 Å². The monoisotopic (exact) mass is 882 g/mol. The van der Waals surface area contributed by atoms with Gasteiger partial charge in [-0.3, -0.25) is 18.7 Å². The molecule has 4 aromatic carbocycles. The summed E-state index contributed by atoms with van der Waals surface area (Å²) in [5, 5.41) is 3.75. The van der Waals surface area contributed by atoms with E-state index in [1.807, 2.05) is 42.5 Å². The zero-order valence-electron chi connectivity index (χ0n) is 36.0. The molecule has 3 aliphatic heterocycles. The lowest BCUT2D eigenvalue weighted by atomic mass is 9.79. The molecule has 2 N–H and O–H groups in total. The van der Waals surface area contributed by atoms with E-state index in [2.05, 4.69) is 56.2 Å². The standard InChI is InChI=1S/C47H51N3O10S2/c1-8-48-35-20-18-31-25-29(2)37(61(54,55)56)27-33(31)44(35)46(4,5)39(48)15-11-9-12-16-40-47(6,7)45-34-28-38(62(57,58)59)30(3)26-32(34)19-21-36(45)49(40)24-14-10-13-17-43(53)60-50-41(51)22-23-42(50)52/h9,11-12,15-16,18-21,25-28H,8,10,13-14,17,22-24H2,1-7H3,(H-,54,55,56,57,58,59)/p+1. The van der Waals surface area contributed by atoms with Crippen LogP contribution in [0.25, 0.3) is 21.5 Å². The van der Waals surface area contributed by atoms with Gasteiger partial charge in [-0.15, -0.1) is 5.06 Å². The van der Waals surface area contributed by atoms with Crippen molar-refractivity contribution < 1.29 is 49.7 Å². The Labute approximate surface area is 362 Å². The lowest BCUT2D eigenvalue weighted by molar-refractivity contribution is -0.433. The number of carbonyl (C=O) groups is 3. The lowest BCUT2D eigenvalue weighted by Gasteiger charge is -2.27. The number of unbranched alkanes of at least 4 members (excludes halogenated alkanes) is 2. The number of carbonyl (C=O) groups excluding carboxylic acids is 3. The lowest BCUT2D eigenvalue weighted by Crippen LogP contribution is -2.32. The molecule has 2 amide bonds. The Kier molecular flexibility index (Phi) is 11.7. The third-order valence-corrected chi connectivity index (χ3v) is 14.3. The first-order valence-electron chi connectivity index (χ1n) is 20.7. The maximum Gasteiger partial charge on any atom is 0.333 e. The van der Waals surface area contributed by atoms with E-state index >= 15 is 0 Å². The average Bonchev–Trinajstić information content (AvgIpc) is 3.70. The van der Waals surface area contributed by atoms with Crippen LogP contribution in [0.3, 0.4) is 0 Å². The number of hydrogen-bond acceptors (Lipinski definition) is 9. The van der Waals surface area contributed by atoms with E-state index in [4.69, 9.17) is 4.84 Å². The van der Waals surface area contributed by atoms with Crippen LogP contribution in [0.15, 0.2) is 94.4 Å². The Morgan fingerprint density at radius 3 is 1.94 bits per heavy atom. The van der Waals surface area contributed by atoms with Gasteiger partial charge >= 0.3 is 5.97 Å². The van der Waals surface area contributed by atoms with Crippen LogP contribution in [0.1, 0.15) is 95.4 Å². The number of hydroxylamine groups is 2. The summed E-state index contributed by atoms with van der Waals surface area (Å²) in [6.45, 7) is 15.0. The van der Waals surface area contributed by atoms with Gasteiger partial charge in [-0.1, -0.05) is 56.7 Å². The van der Waals surface area contributed by atoms with Crippen LogP contribution in [0.4, 0.5) is 11.4 Å². The number of anilines is 1. The number of imide groups is 1. The molecule has 62 heavy (non-hydrogen) atoms. The quantitative estimate of drug-likeness (QED) is 0.0433. The molecule has 7 rings (SSSR count). The summed E-state index contributed by atoms with van der Waals surface area (Å²) in [4.78, 5) is 43.2. The molecular weight excluding hydrogens is 831 g/mol. The molecule has 0 radical (unpaired) electrons. The molecule has 13 nitrogen and oxygen atoms in total. The first-order valence-corrected chi connectivity index (χ1v) is 23.6. The van der Waals surface area contributed by atoms with Crippen LogP contribution in [0, 0.1) is 13.8 Å². The maximum atomic E-state index is 12.5. The van der Waals surface area contributed by atoms with Gasteiger partial charge < -0.3 is 9.74 Å². The molecule has 3 heterocycles. The van der Waals surface area contributed by atoms with Crippen molar-refractivity contribution >= 4 is 76.7 Å². The highest BCUT2D eigenvalue weighted by molar-refractivity contribution is 7.86. The first kappa shape index (κ1) is 44.6.